The van der Waals surface area contributed by atoms with Gasteiger partial charge in [-0.15, -0.1) is 0 Å². The third-order valence-electron chi connectivity index (χ3n) is 3.70. The predicted octanol–water partition coefficient (Wildman–Crippen LogP) is 3.61. The summed E-state index contributed by atoms with van der Waals surface area (Å²) in [5.41, 5.74) is 2.09. The van der Waals surface area contributed by atoms with Gasteiger partial charge in [0.25, 0.3) is 5.78 Å². The number of amides is 1. The molecule has 1 heterocycles. The molecule has 6 heteroatoms. The van der Waals surface area contributed by atoms with Crippen LogP contribution in [0.5, 0.6) is 0 Å². The molecule has 0 aromatic heterocycles. The van der Waals surface area contributed by atoms with Crippen LogP contribution in [-0.4, -0.2) is 30.3 Å². The molecule has 0 radical (unpaired) electrons. The molecule has 0 saturated heterocycles. The molecule has 0 bridgehead atoms. The Bertz CT molecular complexity index is 792. The van der Waals surface area contributed by atoms with Gasteiger partial charge in [0.05, 0.1) is 28.0 Å². The molecule has 23 heavy (non-hydrogen) atoms. The first kappa shape index (κ1) is 16.0. The monoisotopic (exact) mass is 348 g/mol. The van der Waals surface area contributed by atoms with E-state index in [1.54, 1.807) is 30.3 Å². The lowest BCUT2D eigenvalue weighted by Crippen LogP contribution is -2.38. The minimum absolute atomic E-state index is 0.321. The van der Waals surface area contributed by atoms with E-state index in [2.05, 4.69) is 0 Å². The Kier molecular flexibility index (Phi) is 4.39. The zero-order valence-electron chi connectivity index (χ0n) is 12.4. The third-order valence-corrected chi connectivity index (χ3v) is 4.44. The summed E-state index contributed by atoms with van der Waals surface area (Å²) in [6, 6.07) is 12.5. The number of halogens is 2. The molecule has 1 aliphatic rings. The summed E-state index contributed by atoms with van der Waals surface area (Å²) in [6.45, 7) is 0.902. The lowest BCUT2D eigenvalue weighted by Gasteiger charge is -2.24. The second-order valence-corrected chi connectivity index (χ2v) is 6.30. The van der Waals surface area contributed by atoms with E-state index >= 15 is 0 Å². The van der Waals surface area contributed by atoms with Crippen LogP contribution in [0.25, 0.3) is 0 Å². The highest BCUT2D eigenvalue weighted by molar-refractivity contribution is 6.52. The van der Waals surface area contributed by atoms with Crippen LogP contribution in [0.15, 0.2) is 42.5 Å². The second kappa shape index (κ2) is 6.32. The molecule has 0 spiro atoms. The number of Topliss-reactive ketones (excluding diaryl/α,β-unsaturated/α-hetero) is 1. The average Bonchev–Trinajstić information content (AvgIpc) is 2.76. The van der Waals surface area contributed by atoms with E-state index < -0.39 is 11.7 Å². The van der Waals surface area contributed by atoms with E-state index in [-0.39, 0.29) is 0 Å². The van der Waals surface area contributed by atoms with Crippen molar-refractivity contribution in [2.75, 3.05) is 18.6 Å². The summed E-state index contributed by atoms with van der Waals surface area (Å²) < 4.78 is 0. The number of ketones is 1. The van der Waals surface area contributed by atoms with Gasteiger partial charge in [-0.25, -0.2) is 0 Å². The number of carbonyl (C=O) groups is 2. The Balaban J connectivity index is 1.75. The zero-order chi connectivity index (χ0) is 16.6. The maximum Gasteiger partial charge on any atom is 0.300 e. The standard InChI is InChI=1S/C17H14Cl2N2O2/c1-20(9-11-6-7-13(18)14(19)8-11)10-21-15-5-3-2-4-12(15)16(22)17(21)23/h2-8H,9-10H2,1H3. The molecule has 0 aliphatic carbocycles. The second-order valence-electron chi connectivity index (χ2n) is 5.48. The summed E-state index contributed by atoms with van der Waals surface area (Å²) in [7, 11) is 1.88. The Morgan fingerprint density at radius 3 is 2.52 bits per heavy atom. The summed E-state index contributed by atoms with van der Waals surface area (Å²) in [5.74, 6) is -0.948. The van der Waals surface area contributed by atoms with Crippen molar-refractivity contribution >= 4 is 40.6 Å². The molecule has 118 valence electrons. The van der Waals surface area contributed by atoms with E-state index in [0.717, 1.165) is 5.56 Å². The SMILES string of the molecule is CN(Cc1ccc(Cl)c(Cl)c1)CN1C(=O)C(=O)c2ccccc21. The Labute approximate surface area is 144 Å². The molecular formula is C17H14Cl2N2O2. The lowest BCUT2D eigenvalue weighted by molar-refractivity contribution is -0.114. The largest absolute Gasteiger partial charge is 0.300 e. The van der Waals surface area contributed by atoms with E-state index in [9.17, 15) is 9.59 Å². The molecule has 2 aromatic rings. The Hall–Kier alpha value is -1.88. The van der Waals surface area contributed by atoms with Crippen LogP contribution in [0.2, 0.25) is 10.0 Å². The highest BCUT2D eigenvalue weighted by atomic mass is 35.5. The van der Waals surface area contributed by atoms with Crippen molar-refractivity contribution in [3.05, 3.63) is 63.6 Å². The lowest BCUT2D eigenvalue weighted by atomic mass is 10.1. The van der Waals surface area contributed by atoms with Crippen LogP contribution in [0.4, 0.5) is 5.69 Å². The quantitative estimate of drug-likeness (QED) is 0.792. The van der Waals surface area contributed by atoms with Gasteiger partial charge in [-0.1, -0.05) is 41.4 Å². The van der Waals surface area contributed by atoms with Crippen LogP contribution in [0, 0.1) is 0 Å². The number of anilines is 1. The molecule has 0 atom stereocenters. The van der Waals surface area contributed by atoms with Crippen molar-refractivity contribution in [1.82, 2.24) is 4.90 Å². The smallest absolute Gasteiger partial charge is 0.291 e. The number of nitrogens with zero attached hydrogens (tertiary/aromatic N) is 2. The minimum atomic E-state index is -0.493. The number of hydrogen-bond acceptors (Lipinski definition) is 3. The molecule has 0 N–H and O–H groups in total. The van der Waals surface area contributed by atoms with Gasteiger partial charge in [-0.05, 0) is 36.9 Å². The first-order valence-electron chi connectivity index (χ1n) is 7.05. The van der Waals surface area contributed by atoms with Crippen LogP contribution in [-0.2, 0) is 11.3 Å². The number of rotatable bonds is 4. The maximum absolute atomic E-state index is 12.2. The number of fused-ring (bicyclic) bond motifs is 1. The third kappa shape index (κ3) is 3.11. The molecule has 0 fully saturated rings. The predicted molar refractivity (Wildman–Crippen MR) is 91.1 cm³/mol. The average molecular weight is 349 g/mol. The number of para-hydroxylation sites is 1. The molecule has 2 aromatic carbocycles. The van der Waals surface area contributed by atoms with Gasteiger partial charge in [0, 0.05) is 6.54 Å². The fourth-order valence-corrected chi connectivity index (χ4v) is 2.95. The highest BCUT2D eigenvalue weighted by Crippen LogP contribution is 2.29. The summed E-state index contributed by atoms with van der Waals surface area (Å²) >= 11 is 11.9. The van der Waals surface area contributed by atoms with Crippen molar-refractivity contribution in [2.45, 2.75) is 6.54 Å². The summed E-state index contributed by atoms with van der Waals surface area (Å²) in [5, 5.41) is 1.00. The summed E-state index contributed by atoms with van der Waals surface area (Å²) in [6.07, 6.45) is 0. The van der Waals surface area contributed by atoms with Crippen LogP contribution < -0.4 is 4.90 Å². The topological polar surface area (TPSA) is 40.6 Å². The normalized spacial score (nSPS) is 13.8. The fraction of sp³-hybridized carbons (Fsp3) is 0.176. The van der Waals surface area contributed by atoms with Crippen molar-refractivity contribution in [1.29, 1.82) is 0 Å². The van der Waals surface area contributed by atoms with Gasteiger partial charge in [0.15, 0.2) is 0 Å². The first-order chi connectivity index (χ1) is 11.0. The van der Waals surface area contributed by atoms with E-state index in [4.69, 9.17) is 23.2 Å². The van der Waals surface area contributed by atoms with Crippen molar-refractivity contribution in [3.63, 3.8) is 0 Å². The Morgan fingerprint density at radius 1 is 1.04 bits per heavy atom. The number of carbonyl (C=O) groups excluding carboxylic acids is 2. The molecule has 0 saturated carbocycles. The van der Waals surface area contributed by atoms with Crippen molar-refractivity contribution < 1.29 is 9.59 Å². The number of benzene rings is 2. The first-order valence-corrected chi connectivity index (χ1v) is 7.80. The zero-order valence-corrected chi connectivity index (χ0v) is 13.9. The van der Waals surface area contributed by atoms with Crippen LogP contribution in [0.1, 0.15) is 15.9 Å². The van der Waals surface area contributed by atoms with Crippen molar-refractivity contribution in [3.8, 4) is 0 Å². The molecule has 4 nitrogen and oxygen atoms in total. The molecule has 1 amide bonds. The van der Waals surface area contributed by atoms with E-state index in [1.807, 2.05) is 24.1 Å². The van der Waals surface area contributed by atoms with Gasteiger partial charge in [-0.3, -0.25) is 19.4 Å². The van der Waals surface area contributed by atoms with Crippen molar-refractivity contribution in [2.24, 2.45) is 0 Å². The van der Waals surface area contributed by atoms with Gasteiger partial charge in [0.2, 0.25) is 0 Å². The maximum atomic E-state index is 12.2. The van der Waals surface area contributed by atoms with Crippen LogP contribution in [0.3, 0.4) is 0 Å². The molecule has 0 unspecified atom stereocenters. The van der Waals surface area contributed by atoms with Gasteiger partial charge in [0.1, 0.15) is 0 Å². The van der Waals surface area contributed by atoms with Crippen LogP contribution >= 0.6 is 23.2 Å². The number of hydrogen-bond donors (Lipinski definition) is 0. The van der Waals surface area contributed by atoms with E-state index in [1.165, 1.54) is 4.90 Å². The molecule has 1 aliphatic heterocycles. The highest BCUT2D eigenvalue weighted by Gasteiger charge is 2.35. The van der Waals surface area contributed by atoms with E-state index in [0.29, 0.717) is 34.5 Å². The van der Waals surface area contributed by atoms with Gasteiger partial charge < -0.3 is 0 Å². The van der Waals surface area contributed by atoms with Gasteiger partial charge >= 0.3 is 5.91 Å². The molecule has 3 rings (SSSR count). The minimum Gasteiger partial charge on any atom is -0.291 e. The fourth-order valence-electron chi connectivity index (χ4n) is 2.63. The molecular weight excluding hydrogens is 335 g/mol. The summed E-state index contributed by atoms with van der Waals surface area (Å²) in [4.78, 5) is 27.6. The van der Waals surface area contributed by atoms with Gasteiger partial charge in [-0.2, -0.15) is 0 Å². The Morgan fingerprint density at radius 2 is 1.78 bits per heavy atom.